The number of hydrogen-bond donors (Lipinski definition) is 2. The monoisotopic (exact) mass is 440 g/mol. The van der Waals surface area contributed by atoms with Crippen molar-refractivity contribution in [3.63, 3.8) is 0 Å². The number of aromatic nitrogens is 1. The van der Waals surface area contributed by atoms with E-state index in [9.17, 15) is 18.0 Å². The summed E-state index contributed by atoms with van der Waals surface area (Å²) in [4.78, 5) is 24.6. The molecule has 0 radical (unpaired) electrons. The number of hydrogen-bond acceptors (Lipinski definition) is 6. The van der Waals surface area contributed by atoms with Gasteiger partial charge >= 0.3 is 0 Å². The number of nitrogens with zero attached hydrogens (tertiary/aromatic N) is 2. The van der Waals surface area contributed by atoms with Crippen LogP contribution in [0.1, 0.15) is 62.8 Å². The van der Waals surface area contributed by atoms with Gasteiger partial charge in [-0.05, 0) is 39.5 Å². The molecule has 2 aliphatic rings. The number of piperidine rings is 1. The van der Waals surface area contributed by atoms with Gasteiger partial charge < -0.3 is 15.2 Å². The number of sulfonamides is 1. The lowest BCUT2D eigenvalue weighted by molar-refractivity contribution is -0.126. The van der Waals surface area contributed by atoms with E-state index in [4.69, 9.17) is 4.52 Å². The Balaban J connectivity index is 1.41. The van der Waals surface area contributed by atoms with E-state index < -0.39 is 10.0 Å². The lowest BCUT2D eigenvalue weighted by Crippen LogP contribution is -2.44. The van der Waals surface area contributed by atoms with Gasteiger partial charge in [-0.1, -0.05) is 24.4 Å². The maximum absolute atomic E-state index is 12.9. The fraction of sp³-hybridized carbons (Fsp3) is 0.750. The maximum Gasteiger partial charge on any atom is 0.248 e. The number of nitrogens with one attached hydrogen (secondary N) is 2. The summed E-state index contributed by atoms with van der Waals surface area (Å²) >= 11 is 0. The summed E-state index contributed by atoms with van der Waals surface area (Å²) in [6, 6.07) is 0.269. The molecule has 0 unspecified atom stereocenters. The molecule has 1 aromatic heterocycles. The Labute approximate surface area is 178 Å². The minimum Gasteiger partial charge on any atom is -0.360 e. The van der Waals surface area contributed by atoms with Crippen molar-refractivity contribution < 1.29 is 22.5 Å². The molecule has 0 spiro atoms. The molecule has 1 aromatic rings. The minimum atomic E-state index is -3.68. The molecule has 2 heterocycles. The van der Waals surface area contributed by atoms with Crippen molar-refractivity contribution in [1.82, 2.24) is 20.1 Å². The lowest BCUT2D eigenvalue weighted by atomic mass is 9.95. The summed E-state index contributed by atoms with van der Waals surface area (Å²) in [5.74, 6) is -0.112. The van der Waals surface area contributed by atoms with Crippen LogP contribution in [-0.4, -0.2) is 55.4 Å². The molecule has 2 amide bonds. The zero-order valence-corrected chi connectivity index (χ0v) is 18.6. The molecule has 9 nitrogen and oxygen atoms in total. The van der Waals surface area contributed by atoms with Crippen molar-refractivity contribution in [2.45, 2.75) is 76.2 Å². The van der Waals surface area contributed by atoms with Crippen molar-refractivity contribution in [2.24, 2.45) is 5.92 Å². The zero-order chi connectivity index (χ0) is 21.7. The van der Waals surface area contributed by atoms with Gasteiger partial charge in [0, 0.05) is 38.0 Å². The van der Waals surface area contributed by atoms with Crippen LogP contribution in [0.4, 0.5) is 0 Å². The summed E-state index contributed by atoms with van der Waals surface area (Å²) in [6.45, 7) is 4.03. The number of aryl methyl sites for hydroxylation is 2. The Bertz CT molecular complexity index is 833. The van der Waals surface area contributed by atoms with Gasteiger partial charge in [0.1, 0.15) is 10.6 Å². The molecular weight excluding hydrogens is 408 g/mol. The van der Waals surface area contributed by atoms with Crippen molar-refractivity contribution in [1.29, 1.82) is 0 Å². The second-order valence-corrected chi connectivity index (χ2v) is 10.1. The molecule has 3 rings (SSSR count). The highest BCUT2D eigenvalue weighted by Crippen LogP contribution is 2.27. The Kier molecular flexibility index (Phi) is 7.51. The van der Waals surface area contributed by atoms with Gasteiger partial charge in [-0.25, -0.2) is 8.42 Å². The molecular formula is C20H32N4O5S. The second-order valence-electron chi connectivity index (χ2n) is 8.28. The van der Waals surface area contributed by atoms with E-state index in [-0.39, 0.29) is 53.9 Å². The van der Waals surface area contributed by atoms with Crippen LogP contribution in [-0.2, 0) is 19.6 Å². The maximum atomic E-state index is 12.9. The highest BCUT2D eigenvalue weighted by Gasteiger charge is 2.35. The molecule has 0 atom stereocenters. The highest BCUT2D eigenvalue weighted by atomic mass is 32.2. The first-order chi connectivity index (χ1) is 14.3. The second kappa shape index (κ2) is 9.91. The Morgan fingerprint density at radius 2 is 1.77 bits per heavy atom. The van der Waals surface area contributed by atoms with Crippen molar-refractivity contribution >= 4 is 21.8 Å². The van der Waals surface area contributed by atoms with E-state index in [1.165, 1.54) is 10.7 Å². The fourth-order valence-electron chi connectivity index (χ4n) is 4.32. The molecule has 1 saturated carbocycles. The zero-order valence-electron chi connectivity index (χ0n) is 17.8. The van der Waals surface area contributed by atoms with Crippen LogP contribution in [0.25, 0.3) is 0 Å². The van der Waals surface area contributed by atoms with Gasteiger partial charge in [0.05, 0.1) is 0 Å². The van der Waals surface area contributed by atoms with Crippen LogP contribution >= 0.6 is 0 Å². The van der Waals surface area contributed by atoms with Gasteiger partial charge in [0.25, 0.3) is 0 Å². The minimum absolute atomic E-state index is 0.0254. The molecule has 1 saturated heterocycles. The van der Waals surface area contributed by atoms with Gasteiger partial charge in [-0.2, -0.15) is 4.31 Å². The largest absolute Gasteiger partial charge is 0.360 e. The topological polar surface area (TPSA) is 122 Å². The molecule has 0 bridgehead atoms. The van der Waals surface area contributed by atoms with Crippen LogP contribution in [0.5, 0.6) is 0 Å². The Hall–Kier alpha value is -1.94. The van der Waals surface area contributed by atoms with Crippen LogP contribution in [0.3, 0.4) is 0 Å². The lowest BCUT2D eigenvalue weighted by Gasteiger charge is -2.30. The normalized spacial score (nSPS) is 19.5. The first-order valence-electron chi connectivity index (χ1n) is 10.8. The fourth-order valence-corrected chi connectivity index (χ4v) is 6.08. The number of carbonyl (C=O) groups excluding carboxylic acids is 2. The van der Waals surface area contributed by atoms with Gasteiger partial charge in [-0.15, -0.1) is 0 Å². The van der Waals surface area contributed by atoms with Crippen molar-refractivity contribution in [3.05, 3.63) is 11.5 Å². The molecule has 1 aliphatic carbocycles. The van der Waals surface area contributed by atoms with E-state index in [2.05, 4.69) is 15.8 Å². The van der Waals surface area contributed by atoms with Crippen molar-refractivity contribution in [2.75, 3.05) is 19.6 Å². The average molecular weight is 441 g/mol. The summed E-state index contributed by atoms with van der Waals surface area (Å²) in [5, 5.41) is 9.60. The summed E-state index contributed by atoms with van der Waals surface area (Å²) < 4.78 is 32.1. The first-order valence-corrected chi connectivity index (χ1v) is 12.2. The number of carbonyl (C=O) groups is 2. The quantitative estimate of drug-likeness (QED) is 0.665. The molecule has 0 aromatic carbocycles. The highest BCUT2D eigenvalue weighted by molar-refractivity contribution is 7.89. The molecule has 2 fully saturated rings. The van der Waals surface area contributed by atoms with Crippen molar-refractivity contribution in [3.8, 4) is 0 Å². The Morgan fingerprint density at radius 3 is 2.37 bits per heavy atom. The molecule has 168 valence electrons. The smallest absolute Gasteiger partial charge is 0.248 e. The summed E-state index contributed by atoms with van der Waals surface area (Å²) in [5.41, 5.74) is 0.346. The van der Waals surface area contributed by atoms with E-state index >= 15 is 0 Å². The molecule has 30 heavy (non-hydrogen) atoms. The number of amides is 2. The van der Waals surface area contributed by atoms with E-state index in [1.54, 1.807) is 13.8 Å². The van der Waals surface area contributed by atoms with Gasteiger partial charge in [0.15, 0.2) is 5.76 Å². The van der Waals surface area contributed by atoms with Crippen LogP contribution < -0.4 is 10.6 Å². The third-order valence-corrected chi connectivity index (χ3v) is 8.16. The first kappa shape index (κ1) is 22.7. The predicted molar refractivity (Wildman–Crippen MR) is 110 cm³/mol. The predicted octanol–water partition coefficient (Wildman–Crippen LogP) is 1.65. The molecule has 1 aliphatic heterocycles. The van der Waals surface area contributed by atoms with Gasteiger partial charge in [0.2, 0.25) is 21.8 Å². The van der Waals surface area contributed by atoms with E-state index in [0.717, 1.165) is 25.7 Å². The molecule has 10 heteroatoms. The average Bonchev–Trinajstić information content (AvgIpc) is 3.07. The van der Waals surface area contributed by atoms with Crippen LogP contribution in [0.2, 0.25) is 0 Å². The third-order valence-electron chi connectivity index (χ3n) is 6.01. The van der Waals surface area contributed by atoms with Gasteiger partial charge in [-0.3, -0.25) is 9.59 Å². The summed E-state index contributed by atoms with van der Waals surface area (Å²) in [6.07, 6.45) is 6.79. The van der Waals surface area contributed by atoms with E-state index in [1.807, 2.05) is 0 Å². The Morgan fingerprint density at radius 1 is 1.10 bits per heavy atom. The summed E-state index contributed by atoms with van der Waals surface area (Å²) in [7, 11) is -3.68. The third kappa shape index (κ3) is 5.40. The molecule has 2 N–H and O–H groups in total. The van der Waals surface area contributed by atoms with Crippen LogP contribution in [0.15, 0.2) is 9.42 Å². The SMILES string of the molecule is Cc1noc(C)c1S(=O)(=O)N1CCC(C(=O)NCCC(=O)NC2CCCCC2)CC1. The standard InChI is InChI=1S/C20H32N4O5S/c1-14-19(15(2)29-23-14)30(27,28)24-12-9-16(10-13-24)20(26)21-11-8-18(25)22-17-6-4-3-5-7-17/h16-17H,3-13H2,1-2H3,(H,21,26)(H,22,25). The number of rotatable bonds is 7. The van der Waals surface area contributed by atoms with Crippen LogP contribution in [0, 0.1) is 19.8 Å². The van der Waals surface area contributed by atoms with E-state index in [0.29, 0.717) is 25.1 Å².